The van der Waals surface area contributed by atoms with Crippen molar-refractivity contribution < 1.29 is 18.5 Å². The van der Waals surface area contributed by atoms with Crippen LogP contribution in [0.5, 0.6) is 0 Å². The lowest BCUT2D eigenvalue weighted by molar-refractivity contribution is -0.384. The number of nitrogens with one attached hydrogen (secondary N) is 1. The average Bonchev–Trinajstić information content (AvgIpc) is 2.36. The van der Waals surface area contributed by atoms with E-state index in [2.05, 4.69) is 0 Å². The van der Waals surface area contributed by atoms with Crippen LogP contribution in [0, 0.1) is 13.7 Å². The highest BCUT2D eigenvalue weighted by Crippen LogP contribution is 2.20. The quantitative estimate of drug-likeness (QED) is 0.431. The predicted octanol–water partition coefficient (Wildman–Crippen LogP) is 1.95. The number of amides is 1. The fraction of sp³-hybridized carbons (Fsp3) is 0.300. The number of nitro benzene ring substituents is 1. The number of rotatable bonds is 5. The van der Waals surface area contributed by atoms with Gasteiger partial charge in [-0.2, -0.15) is 0 Å². The number of nitrogens with two attached hydrogens (primary N) is 1. The van der Waals surface area contributed by atoms with Gasteiger partial charge >= 0.3 is 0 Å². The molecule has 10 heteroatoms. The van der Waals surface area contributed by atoms with Gasteiger partial charge in [-0.25, -0.2) is 8.78 Å². The molecular formula is C10H11ClF2IN3O3. The molecule has 20 heavy (non-hydrogen) atoms. The van der Waals surface area contributed by atoms with Crippen LogP contribution < -0.4 is 11.1 Å². The molecule has 0 heterocycles. The molecule has 0 aromatic heterocycles. The monoisotopic (exact) mass is 421 g/mol. The Hall–Kier alpha value is -1.07. The minimum atomic E-state index is -3.18. The second-order valence-electron chi connectivity index (χ2n) is 3.66. The molecule has 0 radical (unpaired) electrons. The summed E-state index contributed by atoms with van der Waals surface area (Å²) in [6.07, 6.45) is 0. The summed E-state index contributed by atoms with van der Waals surface area (Å²) >= 11 is 1.73. The number of alkyl halides is 2. The van der Waals surface area contributed by atoms with Crippen LogP contribution in [0.4, 0.5) is 14.5 Å². The highest BCUT2D eigenvalue weighted by molar-refractivity contribution is 14.1. The second-order valence-corrected chi connectivity index (χ2v) is 4.83. The topological polar surface area (TPSA) is 98.3 Å². The summed E-state index contributed by atoms with van der Waals surface area (Å²) in [5.41, 5.74) is 4.76. The number of hydrogen-bond acceptors (Lipinski definition) is 4. The number of benzene rings is 1. The molecule has 1 aromatic carbocycles. The zero-order valence-electron chi connectivity index (χ0n) is 9.94. The van der Waals surface area contributed by atoms with E-state index in [1.807, 2.05) is 5.32 Å². The summed E-state index contributed by atoms with van der Waals surface area (Å²) in [6, 6.07) is 3.55. The summed E-state index contributed by atoms with van der Waals surface area (Å²) in [5.74, 6) is -3.91. The standard InChI is InChI=1S/C10H10F2IN3O3.ClH/c11-10(12,4-14)5-15-9(17)7-2-1-6(16(18)19)3-8(7)13;/h1-3H,4-5,14H2,(H,15,17);1H. The van der Waals surface area contributed by atoms with Crippen molar-refractivity contribution in [1.29, 1.82) is 0 Å². The predicted molar refractivity (Wildman–Crippen MR) is 79.4 cm³/mol. The number of nitro groups is 1. The van der Waals surface area contributed by atoms with Gasteiger partial charge < -0.3 is 11.1 Å². The summed E-state index contributed by atoms with van der Waals surface area (Å²) in [6.45, 7) is -1.75. The zero-order valence-corrected chi connectivity index (χ0v) is 12.9. The van der Waals surface area contributed by atoms with Gasteiger partial charge in [-0.05, 0) is 28.7 Å². The number of hydrogen-bond donors (Lipinski definition) is 2. The Labute approximate surface area is 132 Å². The van der Waals surface area contributed by atoms with Crippen molar-refractivity contribution in [1.82, 2.24) is 5.32 Å². The molecule has 0 atom stereocenters. The maximum absolute atomic E-state index is 12.9. The Balaban J connectivity index is 0.00000361. The van der Waals surface area contributed by atoms with Crippen LogP contribution in [0.2, 0.25) is 0 Å². The first kappa shape index (κ1) is 18.9. The van der Waals surface area contributed by atoms with Crippen LogP contribution >= 0.6 is 35.0 Å². The fourth-order valence-electron chi connectivity index (χ4n) is 1.18. The van der Waals surface area contributed by atoms with E-state index in [0.29, 0.717) is 3.57 Å². The lowest BCUT2D eigenvalue weighted by Gasteiger charge is -2.14. The lowest BCUT2D eigenvalue weighted by Crippen LogP contribution is -2.41. The first-order chi connectivity index (χ1) is 8.76. The van der Waals surface area contributed by atoms with Crippen molar-refractivity contribution in [3.63, 3.8) is 0 Å². The van der Waals surface area contributed by atoms with Gasteiger partial charge in [0.15, 0.2) is 0 Å². The van der Waals surface area contributed by atoms with E-state index < -0.39 is 29.8 Å². The fourth-order valence-corrected chi connectivity index (χ4v) is 1.92. The van der Waals surface area contributed by atoms with Gasteiger partial charge in [-0.1, -0.05) is 0 Å². The van der Waals surface area contributed by atoms with Crippen LogP contribution in [-0.2, 0) is 0 Å². The first-order valence-corrected chi connectivity index (χ1v) is 6.15. The molecule has 112 valence electrons. The van der Waals surface area contributed by atoms with E-state index in [9.17, 15) is 23.7 Å². The first-order valence-electron chi connectivity index (χ1n) is 5.07. The molecule has 3 N–H and O–H groups in total. The number of nitrogens with zero attached hydrogens (tertiary/aromatic N) is 1. The molecular weight excluding hydrogens is 410 g/mol. The third kappa shape index (κ3) is 5.13. The Kier molecular flexibility index (Phi) is 7.23. The molecule has 0 spiro atoms. The van der Waals surface area contributed by atoms with E-state index in [-0.39, 0.29) is 23.7 Å². The van der Waals surface area contributed by atoms with Crippen molar-refractivity contribution in [3.05, 3.63) is 37.4 Å². The molecule has 0 aliphatic carbocycles. The number of halogens is 4. The van der Waals surface area contributed by atoms with Gasteiger partial charge in [0.1, 0.15) is 0 Å². The maximum Gasteiger partial charge on any atom is 0.277 e. The SMILES string of the molecule is Cl.NCC(F)(F)CNC(=O)c1ccc([N+](=O)[O-])cc1I. The smallest absolute Gasteiger partial charge is 0.277 e. The molecule has 1 rings (SSSR count). The molecule has 0 aliphatic rings. The molecule has 0 unspecified atom stereocenters. The van der Waals surface area contributed by atoms with E-state index >= 15 is 0 Å². The van der Waals surface area contributed by atoms with Crippen molar-refractivity contribution in [2.24, 2.45) is 5.73 Å². The zero-order chi connectivity index (χ0) is 14.6. The Morgan fingerprint density at radius 1 is 1.50 bits per heavy atom. The van der Waals surface area contributed by atoms with Crippen LogP contribution in [0.25, 0.3) is 0 Å². The minimum Gasteiger partial charge on any atom is -0.346 e. The van der Waals surface area contributed by atoms with Gasteiger partial charge in [0.2, 0.25) is 0 Å². The van der Waals surface area contributed by atoms with Gasteiger partial charge in [-0.15, -0.1) is 12.4 Å². The van der Waals surface area contributed by atoms with Gasteiger partial charge in [0.25, 0.3) is 17.5 Å². The maximum atomic E-state index is 12.9. The Morgan fingerprint density at radius 2 is 2.10 bits per heavy atom. The van der Waals surface area contributed by atoms with Gasteiger partial charge in [0.05, 0.1) is 23.6 Å². The largest absolute Gasteiger partial charge is 0.346 e. The highest BCUT2D eigenvalue weighted by atomic mass is 127. The summed E-state index contributed by atoms with van der Waals surface area (Å²) in [7, 11) is 0. The Morgan fingerprint density at radius 3 is 2.55 bits per heavy atom. The molecule has 0 saturated heterocycles. The molecule has 0 fully saturated rings. The van der Waals surface area contributed by atoms with Crippen molar-refractivity contribution in [2.45, 2.75) is 5.92 Å². The normalized spacial score (nSPS) is 10.6. The molecule has 0 bridgehead atoms. The van der Waals surface area contributed by atoms with Crippen molar-refractivity contribution in [2.75, 3.05) is 13.1 Å². The summed E-state index contributed by atoms with van der Waals surface area (Å²) in [5, 5.41) is 12.6. The second kappa shape index (κ2) is 7.64. The van der Waals surface area contributed by atoms with Crippen LogP contribution in [-0.4, -0.2) is 29.8 Å². The summed E-state index contributed by atoms with van der Waals surface area (Å²) in [4.78, 5) is 21.6. The van der Waals surface area contributed by atoms with Gasteiger partial charge in [0, 0.05) is 15.7 Å². The summed E-state index contributed by atoms with van der Waals surface area (Å²) < 4.78 is 26.0. The van der Waals surface area contributed by atoms with Crippen LogP contribution in [0.15, 0.2) is 18.2 Å². The third-order valence-corrected chi connectivity index (χ3v) is 3.11. The van der Waals surface area contributed by atoms with Crippen LogP contribution in [0.3, 0.4) is 0 Å². The number of carbonyl (C=O) groups excluding carboxylic acids is 1. The van der Waals surface area contributed by atoms with Crippen molar-refractivity contribution in [3.8, 4) is 0 Å². The van der Waals surface area contributed by atoms with E-state index in [1.54, 1.807) is 22.6 Å². The van der Waals surface area contributed by atoms with E-state index in [1.165, 1.54) is 12.1 Å². The van der Waals surface area contributed by atoms with Crippen LogP contribution in [0.1, 0.15) is 10.4 Å². The third-order valence-electron chi connectivity index (χ3n) is 2.21. The van der Waals surface area contributed by atoms with E-state index in [4.69, 9.17) is 5.73 Å². The molecule has 0 aliphatic heterocycles. The molecule has 0 saturated carbocycles. The number of non-ortho nitro benzene ring substituents is 1. The number of carbonyl (C=O) groups is 1. The van der Waals surface area contributed by atoms with E-state index in [0.717, 1.165) is 6.07 Å². The Bertz CT molecular complexity index is 517. The highest BCUT2D eigenvalue weighted by Gasteiger charge is 2.27. The van der Waals surface area contributed by atoms with Crippen molar-refractivity contribution >= 4 is 46.6 Å². The lowest BCUT2D eigenvalue weighted by atomic mass is 10.2. The molecule has 1 aromatic rings. The molecule has 1 amide bonds. The molecule has 6 nitrogen and oxygen atoms in total. The minimum absolute atomic E-state index is 0. The van der Waals surface area contributed by atoms with Gasteiger partial charge in [-0.3, -0.25) is 14.9 Å². The average molecular weight is 422 g/mol.